The Bertz CT molecular complexity index is 416. The highest BCUT2D eigenvalue weighted by atomic mass is 32.2. The zero-order valence-corrected chi connectivity index (χ0v) is 9.71. The number of nitrogens with zero attached hydrogens (tertiary/aromatic N) is 2. The Morgan fingerprint density at radius 1 is 1.31 bits per heavy atom. The number of thioether (sulfide) groups is 1. The molecule has 1 aromatic carbocycles. The SMILES string of the molecule is Fc1ccc(C2CN=C3SCCCN32)cc1. The molecule has 84 valence electrons. The van der Waals surface area contributed by atoms with Crippen LogP contribution >= 0.6 is 11.8 Å². The number of hydrogen-bond acceptors (Lipinski definition) is 3. The second kappa shape index (κ2) is 4.09. The molecule has 1 aromatic rings. The molecule has 2 aliphatic rings. The topological polar surface area (TPSA) is 15.6 Å². The van der Waals surface area contributed by atoms with Crippen molar-refractivity contribution in [3.05, 3.63) is 35.6 Å². The molecule has 2 heterocycles. The summed E-state index contributed by atoms with van der Waals surface area (Å²) in [6.45, 7) is 1.89. The quantitative estimate of drug-likeness (QED) is 0.745. The van der Waals surface area contributed by atoms with Gasteiger partial charge in [-0.05, 0) is 24.1 Å². The van der Waals surface area contributed by atoms with Crippen LogP contribution in [0, 0.1) is 5.82 Å². The lowest BCUT2D eigenvalue weighted by atomic mass is 10.1. The highest BCUT2D eigenvalue weighted by molar-refractivity contribution is 8.13. The molecule has 0 amide bonds. The van der Waals surface area contributed by atoms with Gasteiger partial charge < -0.3 is 4.90 Å². The number of hydrogen-bond donors (Lipinski definition) is 0. The van der Waals surface area contributed by atoms with E-state index in [4.69, 9.17) is 0 Å². The molecule has 4 heteroatoms. The highest BCUT2D eigenvalue weighted by Gasteiger charge is 2.30. The first-order chi connectivity index (χ1) is 7.84. The molecule has 0 saturated carbocycles. The van der Waals surface area contributed by atoms with Crippen LogP contribution in [0.15, 0.2) is 29.3 Å². The molecule has 1 atom stereocenters. The maximum atomic E-state index is 12.9. The molecular formula is C12H13FN2S. The molecule has 16 heavy (non-hydrogen) atoms. The molecule has 2 nitrogen and oxygen atoms in total. The van der Waals surface area contributed by atoms with Gasteiger partial charge in [0.2, 0.25) is 0 Å². The third-order valence-electron chi connectivity index (χ3n) is 3.05. The number of aliphatic imine (C=N–C) groups is 1. The van der Waals surface area contributed by atoms with Crippen molar-refractivity contribution >= 4 is 16.9 Å². The van der Waals surface area contributed by atoms with Gasteiger partial charge in [-0.1, -0.05) is 23.9 Å². The van der Waals surface area contributed by atoms with E-state index in [0.29, 0.717) is 6.04 Å². The van der Waals surface area contributed by atoms with Crippen molar-refractivity contribution in [2.75, 3.05) is 18.8 Å². The molecule has 0 aliphatic carbocycles. The average Bonchev–Trinajstić information content (AvgIpc) is 2.74. The minimum Gasteiger partial charge on any atom is -0.343 e. The lowest BCUT2D eigenvalue weighted by molar-refractivity contribution is 0.352. The molecule has 0 radical (unpaired) electrons. The second-order valence-electron chi connectivity index (χ2n) is 4.09. The first-order valence-electron chi connectivity index (χ1n) is 5.54. The van der Waals surface area contributed by atoms with Gasteiger partial charge in [0.15, 0.2) is 5.17 Å². The molecule has 0 aromatic heterocycles. The summed E-state index contributed by atoms with van der Waals surface area (Å²) < 4.78 is 12.9. The van der Waals surface area contributed by atoms with Crippen molar-refractivity contribution in [3.63, 3.8) is 0 Å². The lowest BCUT2D eigenvalue weighted by Crippen LogP contribution is -2.33. The molecule has 0 spiro atoms. The molecule has 0 bridgehead atoms. The van der Waals surface area contributed by atoms with Crippen molar-refractivity contribution in [1.82, 2.24) is 4.90 Å². The van der Waals surface area contributed by atoms with Gasteiger partial charge >= 0.3 is 0 Å². The zero-order valence-electron chi connectivity index (χ0n) is 8.90. The van der Waals surface area contributed by atoms with Crippen LogP contribution in [0.2, 0.25) is 0 Å². The van der Waals surface area contributed by atoms with Crippen LogP contribution in [0.5, 0.6) is 0 Å². The summed E-state index contributed by atoms with van der Waals surface area (Å²) in [7, 11) is 0. The van der Waals surface area contributed by atoms with Crippen molar-refractivity contribution < 1.29 is 4.39 Å². The van der Waals surface area contributed by atoms with E-state index in [2.05, 4.69) is 9.89 Å². The van der Waals surface area contributed by atoms with Crippen LogP contribution in [0.3, 0.4) is 0 Å². The van der Waals surface area contributed by atoms with Gasteiger partial charge in [-0.15, -0.1) is 0 Å². The zero-order chi connectivity index (χ0) is 11.0. The monoisotopic (exact) mass is 236 g/mol. The smallest absolute Gasteiger partial charge is 0.159 e. The third kappa shape index (κ3) is 1.71. The van der Waals surface area contributed by atoms with Gasteiger partial charge in [-0.3, -0.25) is 4.99 Å². The third-order valence-corrected chi connectivity index (χ3v) is 4.17. The maximum absolute atomic E-state index is 12.9. The molecular weight excluding hydrogens is 223 g/mol. The van der Waals surface area contributed by atoms with Gasteiger partial charge in [0, 0.05) is 12.3 Å². The van der Waals surface area contributed by atoms with Crippen LogP contribution in [-0.2, 0) is 0 Å². The van der Waals surface area contributed by atoms with Crippen molar-refractivity contribution in [3.8, 4) is 0 Å². The summed E-state index contributed by atoms with van der Waals surface area (Å²) in [4.78, 5) is 6.90. The fourth-order valence-electron chi connectivity index (χ4n) is 2.24. The van der Waals surface area contributed by atoms with E-state index in [1.807, 2.05) is 23.9 Å². The Kier molecular flexibility index (Phi) is 2.59. The second-order valence-corrected chi connectivity index (χ2v) is 5.15. The predicted molar refractivity (Wildman–Crippen MR) is 65.2 cm³/mol. The molecule has 1 saturated heterocycles. The summed E-state index contributed by atoms with van der Waals surface area (Å²) in [6, 6.07) is 7.13. The number of halogens is 1. The fraction of sp³-hybridized carbons (Fsp3) is 0.417. The fourth-order valence-corrected chi connectivity index (χ4v) is 3.24. The van der Waals surface area contributed by atoms with E-state index in [1.54, 1.807) is 0 Å². The van der Waals surface area contributed by atoms with E-state index >= 15 is 0 Å². The van der Waals surface area contributed by atoms with Crippen molar-refractivity contribution in [2.45, 2.75) is 12.5 Å². The summed E-state index contributed by atoms with van der Waals surface area (Å²) in [5.41, 5.74) is 1.17. The Morgan fingerprint density at radius 2 is 2.12 bits per heavy atom. The van der Waals surface area contributed by atoms with E-state index < -0.39 is 0 Å². The first-order valence-corrected chi connectivity index (χ1v) is 6.52. The van der Waals surface area contributed by atoms with Crippen molar-refractivity contribution in [2.24, 2.45) is 4.99 Å². The highest BCUT2D eigenvalue weighted by Crippen LogP contribution is 2.33. The Labute approximate surface area is 98.6 Å². The first kappa shape index (κ1) is 10.1. The van der Waals surface area contributed by atoms with Crippen molar-refractivity contribution in [1.29, 1.82) is 0 Å². The summed E-state index contributed by atoms with van der Waals surface area (Å²) in [5.74, 6) is 1.00. The molecule has 0 N–H and O–H groups in total. The summed E-state index contributed by atoms with van der Waals surface area (Å²) >= 11 is 1.84. The van der Waals surface area contributed by atoms with Crippen LogP contribution in [0.4, 0.5) is 4.39 Å². The van der Waals surface area contributed by atoms with Gasteiger partial charge in [0.25, 0.3) is 0 Å². The molecule has 1 fully saturated rings. The van der Waals surface area contributed by atoms with Gasteiger partial charge in [0.1, 0.15) is 5.82 Å². The van der Waals surface area contributed by atoms with Gasteiger partial charge in [0.05, 0.1) is 12.6 Å². The predicted octanol–water partition coefficient (Wildman–Crippen LogP) is 2.68. The van der Waals surface area contributed by atoms with Gasteiger partial charge in [-0.2, -0.15) is 0 Å². The van der Waals surface area contributed by atoms with E-state index in [9.17, 15) is 4.39 Å². The Balaban J connectivity index is 1.84. The Hall–Kier alpha value is -1.03. The van der Waals surface area contributed by atoms with E-state index in [0.717, 1.165) is 13.1 Å². The number of rotatable bonds is 1. The van der Waals surface area contributed by atoms with Crippen LogP contribution in [0.25, 0.3) is 0 Å². The van der Waals surface area contributed by atoms with Gasteiger partial charge in [-0.25, -0.2) is 4.39 Å². The maximum Gasteiger partial charge on any atom is 0.159 e. The minimum atomic E-state index is -0.170. The van der Waals surface area contributed by atoms with Crippen LogP contribution in [-0.4, -0.2) is 28.9 Å². The number of fused-ring (bicyclic) bond motifs is 1. The normalized spacial score (nSPS) is 24.2. The van der Waals surface area contributed by atoms with Crippen LogP contribution < -0.4 is 0 Å². The standard InChI is InChI=1S/C12H13FN2S/c13-10-4-2-9(3-5-10)11-8-14-12-15(11)6-1-7-16-12/h2-5,11H,1,6-8H2. The van der Waals surface area contributed by atoms with Crippen LogP contribution in [0.1, 0.15) is 18.0 Å². The lowest BCUT2D eigenvalue weighted by Gasteiger charge is -2.30. The summed E-state index contributed by atoms with van der Waals surface area (Å²) in [6.07, 6.45) is 1.21. The summed E-state index contributed by atoms with van der Waals surface area (Å²) in [5, 5.41) is 1.17. The Morgan fingerprint density at radius 3 is 2.94 bits per heavy atom. The molecule has 2 aliphatic heterocycles. The molecule has 3 rings (SSSR count). The largest absolute Gasteiger partial charge is 0.343 e. The number of amidine groups is 1. The average molecular weight is 236 g/mol. The number of benzene rings is 1. The van der Waals surface area contributed by atoms with E-state index in [-0.39, 0.29) is 5.82 Å². The molecule has 1 unspecified atom stereocenters. The minimum absolute atomic E-state index is 0.170. The van der Waals surface area contributed by atoms with E-state index in [1.165, 1.54) is 35.0 Å².